The fourth-order valence-corrected chi connectivity index (χ4v) is 2.83. The molecule has 18 heavy (non-hydrogen) atoms. The summed E-state index contributed by atoms with van der Waals surface area (Å²) in [5.74, 6) is -0.481. The minimum atomic E-state index is -0.396. The predicted octanol–water partition coefficient (Wildman–Crippen LogP) is 2.23. The van der Waals surface area contributed by atoms with E-state index in [0.29, 0.717) is 4.88 Å². The summed E-state index contributed by atoms with van der Waals surface area (Å²) in [5.41, 5.74) is 0.899. The summed E-state index contributed by atoms with van der Waals surface area (Å²) in [7, 11) is 0. The van der Waals surface area contributed by atoms with Crippen LogP contribution in [0.3, 0.4) is 0 Å². The summed E-state index contributed by atoms with van der Waals surface area (Å²) in [4.78, 5) is 25.9. The highest BCUT2D eigenvalue weighted by molar-refractivity contribution is 7.12. The third-order valence-corrected chi connectivity index (χ3v) is 4.08. The van der Waals surface area contributed by atoms with Crippen molar-refractivity contribution in [3.63, 3.8) is 0 Å². The van der Waals surface area contributed by atoms with Crippen LogP contribution in [0.5, 0.6) is 0 Å². The first-order valence-electron chi connectivity index (χ1n) is 6.17. The molecule has 1 fully saturated rings. The monoisotopic (exact) mass is 267 g/mol. The summed E-state index contributed by atoms with van der Waals surface area (Å²) < 4.78 is 5.06. The Morgan fingerprint density at radius 3 is 2.67 bits per heavy atom. The van der Waals surface area contributed by atoms with E-state index in [1.165, 1.54) is 17.8 Å². The standard InChI is InChI=1S/C13H17NO3S/c1-10-5-8-18-12(10)13(16)17-9-11(15)14-6-3-2-4-7-14/h5,8H,2-4,6-7,9H2,1H3. The van der Waals surface area contributed by atoms with Gasteiger partial charge < -0.3 is 9.64 Å². The highest BCUT2D eigenvalue weighted by Crippen LogP contribution is 2.16. The Balaban J connectivity index is 1.82. The number of piperidine rings is 1. The van der Waals surface area contributed by atoms with Gasteiger partial charge in [0.1, 0.15) is 4.88 Å². The van der Waals surface area contributed by atoms with Crippen molar-refractivity contribution in [2.24, 2.45) is 0 Å². The molecule has 5 heteroatoms. The number of ether oxygens (including phenoxy) is 1. The van der Waals surface area contributed by atoms with E-state index in [-0.39, 0.29) is 12.5 Å². The molecule has 0 spiro atoms. The maximum absolute atomic E-state index is 11.8. The van der Waals surface area contributed by atoms with Crippen LogP contribution in [-0.2, 0) is 9.53 Å². The van der Waals surface area contributed by atoms with Crippen molar-refractivity contribution >= 4 is 23.2 Å². The van der Waals surface area contributed by atoms with Crippen molar-refractivity contribution in [2.75, 3.05) is 19.7 Å². The molecule has 1 saturated heterocycles. The summed E-state index contributed by atoms with van der Waals surface area (Å²) in [6, 6.07) is 1.87. The van der Waals surface area contributed by atoms with Crippen LogP contribution >= 0.6 is 11.3 Å². The second kappa shape index (κ2) is 6.00. The van der Waals surface area contributed by atoms with Crippen molar-refractivity contribution in [1.29, 1.82) is 0 Å². The number of aryl methyl sites for hydroxylation is 1. The first kappa shape index (κ1) is 13.1. The molecule has 0 N–H and O–H groups in total. The largest absolute Gasteiger partial charge is 0.451 e. The van der Waals surface area contributed by atoms with E-state index in [0.717, 1.165) is 31.5 Å². The number of carbonyl (C=O) groups is 2. The van der Waals surface area contributed by atoms with E-state index in [2.05, 4.69) is 0 Å². The van der Waals surface area contributed by atoms with Gasteiger partial charge in [0.25, 0.3) is 5.91 Å². The number of rotatable bonds is 3. The van der Waals surface area contributed by atoms with E-state index < -0.39 is 5.97 Å². The minimum absolute atomic E-state index is 0.0859. The number of thiophene rings is 1. The van der Waals surface area contributed by atoms with Crippen LogP contribution in [0.25, 0.3) is 0 Å². The van der Waals surface area contributed by atoms with Gasteiger partial charge in [0, 0.05) is 13.1 Å². The van der Waals surface area contributed by atoms with Crippen molar-refractivity contribution in [3.8, 4) is 0 Å². The summed E-state index contributed by atoms with van der Waals surface area (Å²) in [6.07, 6.45) is 3.27. The van der Waals surface area contributed by atoms with E-state index in [4.69, 9.17) is 4.74 Å². The Hall–Kier alpha value is -1.36. The van der Waals surface area contributed by atoms with Crippen LogP contribution in [0, 0.1) is 6.92 Å². The van der Waals surface area contributed by atoms with Gasteiger partial charge in [0.15, 0.2) is 6.61 Å². The second-order valence-corrected chi connectivity index (χ2v) is 5.37. The van der Waals surface area contributed by atoms with Crippen LogP contribution in [0.2, 0.25) is 0 Å². The van der Waals surface area contributed by atoms with Gasteiger partial charge in [-0.1, -0.05) is 0 Å². The molecule has 0 unspecified atom stereocenters. The SMILES string of the molecule is Cc1ccsc1C(=O)OCC(=O)N1CCCCC1. The highest BCUT2D eigenvalue weighted by Gasteiger charge is 2.19. The normalized spacial score (nSPS) is 15.5. The zero-order chi connectivity index (χ0) is 13.0. The quantitative estimate of drug-likeness (QED) is 0.789. The molecule has 0 radical (unpaired) electrons. The number of nitrogens with zero attached hydrogens (tertiary/aromatic N) is 1. The number of likely N-dealkylation sites (tertiary alicyclic amines) is 1. The fraction of sp³-hybridized carbons (Fsp3) is 0.538. The number of hydrogen-bond donors (Lipinski definition) is 0. The molecular weight excluding hydrogens is 250 g/mol. The molecule has 2 rings (SSSR count). The summed E-state index contributed by atoms with van der Waals surface area (Å²) >= 11 is 1.35. The minimum Gasteiger partial charge on any atom is -0.451 e. The Labute approximate surface area is 111 Å². The van der Waals surface area contributed by atoms with E-state index in [9.17, 15) is 9.59 Å². The number of amides is 1. The molecule has 1 aromatic rings. The zero-order valence-corrected chi connectivity index (χ0v) is 11.3. The Morgan fingerprint density at radius 1 is 1.33 bits per heavy atom. The lowest BCUT2D eigenvalue weighted by Gasteiger charge is -2.26. The van der Waals surface area contributed by atoms with Gasteiger partial charge in [-0.05, 0) is 43.2 Å². The average molecular weight is 267 g/mol. The third kappa shape index (κ3) is 3.10. The smallest absolute Gasteiger partial charge is 0.349 e. The second-order valence-electron chi connectivity index (χ2n) is 4.45. The van der Waals surface area contributed by atoms with Crippen molar-refractivity contribution in [1.82, 2.24) is 4.90 Å². The number of hydrogen-bond acceptors (Lipinski definition) is 4. The molecule has 4 nitrogen and oxygen atoms in total. The van der Waals surface area contributed by atoms with Crippen LogP contribution in [0.4, 0.5) is 0 Å². The average Bonchev–Trinajstić information content (AvgIpc) is 2.83. The van der Waals surface area contributed by atoms with Crippen molar-refractivity contribution in [2.45, 2.75) is 26.2 Å². The van der Waals surface area contributed by atoms with Gasteiger partial charge in [-0.15, -0.1) is 11.3 Å². The van der Waals surface area contributed by atoms with Crippen LogP contribution in [-0.4, -0.2) is 36.5 Å². The lowest BCUT2D eigenvalue weighted by molar-refractivity contribution is -0.135. The Bertz CT molecular complexity index is 435. The molecule has 1 aliphatic rings. The first-order valence-corrected chi connectivity index (χ1v) is 7.05. The van der Waals surface area contributed by atoms with Crippen molar-refractivity contribution in [3.05, 3.63) is 21.9 Å². The van der Waals surface area contributed by atoms with Gasteiger partial charge >= 0.3 is 5.97 Å². The Kier molecular flexibility index (Phi) is 4.36. The summed E-state index contributed by atoms with van der Waals surface area (Å²) in [6.45, 7) is 3.29. The van der Waals surface area contributed by atoms with E-state index in [1.54, 1.807) is 4.90 Å². The maximum Gasteiger partial charge on any atom is 0.349 e. The van der Waals surface area contributed by atoms with Crippen LogP contribution < -0.4 is 0 Å². The molecule has 0 aliphatic carbocycles. The zero-order valence-electron chi connectivity index (χ0n) is 10.5. The van der Waals surface area contributed by atoms with Gasteiger partial charge in [0.2, 0.25) is 0 Å². The van der Waals surface area contributed by atoms with Crippen LogP contribution in [0.15, 0.2) is 11.4 Å². The van der Waals surface area contributed by atoms with E-state index >= 15 is 0 Å². The molecule has 1 aliphatic heterocycles. The van der Waals surface area contributed by atoms with Crippen LogP contribution in [0.1, 0.15) is 34.5 Å². The maximum atomic E-state index is 11.8. The summed E-state index contributed by atoms with van der Waals surface area (Å²) in [5, 5.41) is 1.85. The lowest BCUT2D eigenvalue weighted by atomic mass is 10.1. The fourth-order valence-electron chi connectivity index (χ4n) is 2.01. The topological polar surface area (TPSA) is 46.6 Å². The third-order valence-electron chi connectivity index (χ3n) is 3.08. The number of carbonyl (C=O) groups excluding carboxylic acids is 2. The van der Waals surface area contributed by atoms with Gasteiger partial charge in [-0.25, -0.2) is 4.79 Å². The Morgan fingerprint density at radius 2 is 2.06 bits per heavy atom. The molecule has 2 heterocycles. The van der Waals surface area contributed by atoms with Gasteiger partial charge in [-0.3, -0.25) is 4.79 Å². The molecule has 0 bridgehead atoms. The lowest BCUT2D eigenvalue weighted by Crippen LogP contribution is -2.38. The molecule has 98 valence electrons. The molecule has 1 amide bonds. The molecule has 0 saturated carbocycles. The van der Waals surface area contributed by atoms with Gasteiger partial charge in [-0.2, -0.15) is 0 Å². The van der Waals surface area contributed by atoms with E-state index in [1.807, 2.05) is 18.4 Å². The molecule has 1 aromatic heterocycles. The highest BCUT2D eigenvalue weighted by atomic mass is 32.1. The van der Waals surface area contributed by atoms with Gasteiger partial charge in [0.05, 0.1) is 0 Å². The predicted molar refractivity (Wildman–Crippen MR) is 69.8 cm³/mol. The molecular formula is C13H17NO3S. The first-order chi connectivity index (χ1) is 8.68. The molecule has 0 atom stereocenters. The van der Waals surface area contributed by atoms with Crippen molar-refractivity contribution < 1.29 is 14.3 Å². The number of esters is 1. The molecule has 0 aromatic carbocycles.